The highest BCUT2D eigenvalue weighted by atomic mass is 15.1. The Labute approximate surface area is 342 Å². The van der Waals surface area contributed by atoms with Crippen molar-refractivity contribution in [1.82, 2.24) is 19.1 Å². The second kappa shape index (κ2) is 14.5. The molecule has 0 radical (unpaired) electrons. The summed E-state index contributed by atoms with van der Waals surface area (Å²) in [6.07, 6.45) is 9.57. The van der Waals surface area contributed by atoms with Gasteiger partial charge in [0, 0.05) is 75.6 Å². The second-order valence-corrected chi connectivity index (χ2v) is 14.8. The Balaban J connectivity index is 1.00. The lowest BCUT2D eigenvalue weighted by Gasteiger charge is -2.26. The van der Waals surface area contributed by atoms with Crippen LogP contribution >= 0.6 is 0 Å². The van der Waals surface area contributed by atoms with Crippen molar-refractivity contribution in [3.05, 3.63) is 225 Å². The van der Waals surface area contributed by atoms with E-state index in [0.29, 0.717) is 0 Å². The summed E-state index contributed by atoms with van der Waals surface area (Å²) in [6.45, 7) is 0. The smallest absolute Gasteiger partial charge is 0.0635 e. The Morgan fingerprint density at radius 2 is 0.915 bits per heavy atom. The van der Waals surface area contributed by atoms with Gasteiger partial charge in [-0.05, 0) is 137 Å². The lowest BCUT2D eigenvalue weighted by molar-refractivity contribution is 1.13. The highest BCUT2D eigenvalue weighted by Crippen LogP contribution is 2.41. The molecule has 11 aromatic rings. The molecule has 0 aliphatic carbocycles. The average Bonchev–Trinajstić information content (AvgIpc) is 3.90. The second-order valence-electron chi connectivity index (χ2n) is 14.8. The van der Waals surface area contributed by atoms with Crippen LogP contribution in [0.3, 0.4) is 0 Å². The van der Waals surface area contributed by atoms with Gasteiger partial charge in [-0.3, -0.25) is 9.97 Å². The van der Waals surface area contributed by atoms with E-state index < -0.39 is 0 Å². The number of hydrogen-bond donors (Lipinski definition) is 0. The molecule has 5 nitrogen and oxygen atoms in total. The highest BCUT2D eigenvalue weighted by Gasteiger charge is 2.19. The first-order valence-corrected chi connectivity index (χ1v) is 19.9. The number of nitrogens with zero attached hydrogens (tertiary/aromatic N) is 5. The van der Waals surface area contributed by atoms with E-state index in [-0.39, 0.29) is 0 Å². The Morgan fingerprint density at radius 3 is 1.54 bits per heavy atom. The number of anilines is 3. The molecule has 0 N–H and O–H groups in total. The van der Waals surface area contributed by atoms with E-state index in [9.17, 15) is 0 Å². The van der Waals surface area contributed by atoms with Crippen molar-refractivity contribution in [3.63, 3.8) is 0 Å². The predicted molar refractivity (Wildman–Crippen MR) is 244 cm³/mol. The van der Waals surface area contributed by atoms with Gasteiger partial charge in [0.05, 0.1) is 16.6 Å². The Kier molecular flexibility index (Phi) is 8.41. The molecule has 0 unspecified atom stereocenters. The fraction of sp³-hybridized carbons (Fsp3) is 0. The molecule has 0 atom stereocenters. The topological polar surface area (TPSA) is 38.9 Å². The maximum Gasteiger partial charge on any atom is 0.0635 e. The van der Waals surface area contributed by atoms with Crippen LogP contribution in [0.2, 0.25) is 0 Å². The minimum absolute atomic E-state index is 1.07. The monoisotopic (exact) mass is 755 g/mol. The van der Waals surface area contributed by atoms with Crippen molar-refractivity contribution in [2.24, 2.45) is 0 Å². The molecule has 0 aliphatic heterocycles. The van der Waals surface area contributed by atoms with Gasteiger partial charge in [0.1, 0.15) is 0 Å². The summed E-state index contributed by atoms with van der Waals surface area (Å²) in [7, 11) is 0. The summed E-state index contributed by atoms with van der Waals surface area (Å²) >= 11 is 0. The van der Waals surface area contributed by atoms with E-state index in [4.69, 9.17) is 0 Å². The van der Waals surface area contributed by atoms with E-state index in [2.05, 4.69) is 206 Å². The van der Waals surface area contributed by atoms with Crippen LogP contribution in [0.1, 0.15) is 0 Å². The van der Waals surface area contributed by atoms with Crippen LogP contribution in [-0.4, -0.2) is 19.1 Å². The van der Waals surface area contributed by atoms with Crippen LogP contribution in [0, 0.1) is 0 Å². The largest absolute Gasteiger partial charge is 0.316 e. The van der Waals surface area contributed by atoms with Gasteiger partial charge < -0.3 is 14.0 Å². The molecule has 4 aromatic heterocycles. The summed E-state index contributed by atoms with van der Waals surface area (Å²) in [5, 5.41) is 3.68. The minimum Gasteiger partial charge on any atom is -0.316 e. The minimum atomic E-state index is 1.07. The molecule has 0 saturated heterocycles. The first kappa shape index (κ1) is 34.2. The summed E-state index contributed by atoms with van der Waals surface area (Å²) in [5.74, 6) is 0. The predicted octanol–water partition coefficient (Wildman–Crippen LogP) is 14.0. The Bertz CT molecular complexity index is 3130. The van der Waals surface area contributed by atoms with Crippen molar-refractivity contribution < 1.29 is 0 Å². The van der Waals surface area contributed by atoms with Crippen LogP contribution < -0.4 is 4.90 Å². The van der Waals surface area contributed by atoms with Crippen molar-refractivity contribution in [2.75, 3.05) is 4.90 Å². The van der Waals surface area contributed by atoms with Crippen LogP contribution in [0.5, 0.6) is 0 Å². The van der Waals surface area contributed by atoms with Gasteiger partial charge in [-0.25, -0.2) is 0 Å². The van der Waals surface area contributed by atoms with Crippen LogP contribution in [0.25, 0.3) is 77.5 Å². The van der Waals surface area contributed by atoms with E-state index >= 15 is 0 Å². The van der Waals surface area contributed by atoms with E-state index in [1.165, 1.54) is 38.3 Å². The van der Waals surface area contributed by atoms with Crippen LogP contribution in [-0.2, 0) is 0 Å². The number of benzene rings is 7. The van der Waals surface area contributed by atoms with E-state index in [1.807, 2.05) is 43.0 Å². The van der Waals surface area contributed by atoms with Crippen molar-refractivity contribution in [1.29, 1.82) is 0 Å². The third-order valence-corrected chi connectivity index (χ3v) is 11.4. The molecule has 11 rings (SSSR count). The van der Waals surface area contributed by atoms with Crippen LogP contribution in [0.4, 0.5) is 17.1 Å². The molecule has 0 spiro atoms. The number of aromatic nitrogens is 4. The maximum absolute atomic E-state index is 4.33. The molecule has 278 valence electrons. The summed E-state index contributed by atoms with van der Waals surface area (Å²) in [5.41, 5.74) is 15.9. The summed E-state index contributed by atoms with van der Waals surface area (Å²) in [6, 6.07) is 69.6. The van der Waals surface area contributed by atoms with Crippen molar-refractivity contribution >= 4 is 49.8 Å². The molecular formula is C54H37N5. The third kappa shape index (κ3) is 6.13. The number of para-hydroxylation sites is 2. The molecule has 5 heteroatoms. The fourth-order valence-electron chi connectivity index (χ4n) is 8.50. The summed E-state index contributed by atoms with van der Waals surface area (Å²) < 4.78 is 4.70. The lowest BCUT2D eigenvalue weighted by atomic mass is 10.0. The number of fused-ring (bicyclic) bond motifs is 5. The van der Waals surface area contributed by atoms with Gasteiger partial charge in [-0.1, -0.05) is 91.0 Å². The van der Waals surface area contributed by atoms with Gasteiger partial charge in [-0.15, -0.1) is 0 Å². The fourth-order valence-corrected chi connectivity index (χ4v) is 8.50. The molecule has 7 aromatic carbocycles. The standard InChI is InChI=1S/C54H37N5/c1-3-9-44(10-4-1)57-35-31-50-52(57)28-26-49-51-36-42(19-27-53(51)59(54(49)50)45-11-5-2-6-12-45)39-15-22-47(23-16-39)58(46-20-13-38(14-21-46)41-29-33-55-34-30-41)48-24-17-40(18-25-48)43-8-7-32-56-37-43/h1-37H. The molecule has 0 saturated carbocycles. The van der Waals surface area contributed by atoms with Crippen molar-refractivity contribution in [3.8, 4) is 44.8 Å². The van der Waals surface area contributed by atoms with Gasteiger partial charge in [0.25, 0.3) is 0 Å². The van der Waals surface area contributed by atoms with Crippen LogP contribution in [0.15, 0.2) is 225 Å². The van der Waals surface area contributed by atoms with Gasteiger partial charge in [0.2, 0.25) is 0 Å². The van der Waals surface area contributed by atoms with E-state index in [1.54, 1.807) is 0 Å². The SMILES string of the molecule is c1ccc(-n2ccc3c2ccc2c4cc(-c5ccc(N(c6ccc(-c7ccncc7)cc6)c6ccc(-c7cccnc7)cc6)cc5)ccc4n(-c4ccccc4)c23)cc1. The molecular weight excluding hydrogens is 719 g/mol. The Hall–Kier alpha value is -8.02. The normalized spacial score (nSPS) is 11.4. The maximum atomic E-state index is 4.33. The third-order valence-electron chi connectivity index (χ3n) is 11.4. The van der Waals surface area contributed by atoms with E-state index in [0.717, 1.165) is 56.3 Å². The zero-order chi connectivity index (χ0) is 39.1. The first-order chi connectivity index (χ1) is 29.3. The quantitative estimate of drug-likeness (QED) is 0.155. The highest BCUT2D eigenvalue weighted by molar-refractivity contribution is 6.19. The number of hydrogen-bond acceptors (Lipinski definition) is 3. The molecule has 59 heavy (non-hydrogen) atoms. The molecule has 0 amide bonds. The summed E-state index contributed by atoms with van der Waals surface area (Å²) in [4.78, 5) is 10.9. The molecule has 4 heterocycles. The van der Waals surface area contributed by atoms with Gasteiger partial charge in [0.15, 0.2) is 0 Å². The molecule has 0 bridgehead atoms. The molecule has 0 aliphatic rings. The van der Waals surface area contributed by atoms with Gasteiger partial charge in [-0.2, -0.15) is 0 Å². The van der Waals surface area contributed by atoms with Gasteiger partial charge >= 0.3 is 0 Å². The lowest BCUT2D eigenvalue weighted by Crippen LogP contribution is -2.09. The number of pyridine rings is 2. The number of rotatable bonds is 8. The zero-order valence-electron chi connectivity index (χ0n) is 32.1. The average molecular weight is 756 g/mol. The first-order valence-electron chi connectivity index (χ1n) is 19.9. The Morgan fingerprint density at radius 1 is 0.356 bits per heavy atom. The zero-order valence-corrected chi connectivity index (χ0v) is 32.1. The van der Waals surface area contributed by atoms with Crippen molar-refractivity contribution in [2.45, 2.75) is 0 Å². The molecule has 0 fully saturated rings.